The Hall–Kier alpha value is -5.86. The van der Waals surface area contributed by atoms with Gasteiger partial charge in [0.25, 0.3) is 0 Å². The minimum absolute atomic E-state index is 0.176. The molecule has 1 aliphatic carbocycles. The fraction of sp³-hybridized carbons (Fsp3) is 0.0667. The fourth-order valence-electron chi connectivity index (χ4n) is 8.51. The highest BCUT2D eigenvalue weighted by Crippen LogP contribution is 2.58. The zero-order chi connectivity index (χ0) is 31.3. The number of para-hydroxylation sites is 3. The highest BCUT2D eigenvalue weighted by Gasteiger charge is 2.41. The Balaban J connectivity index is 1.47. The minimum Gasteiger partial charge on any atom is -0.307 e. The molecule has 2 heteroatoms. The summed E-state index contributed by atoms with van der Waals surface area (Å²) in [6, 6.07) is 57.7. The van der Waals surface area contributed by atoms with Gasteiger partial charge in [-0.3, -0.25) is 0 Å². The SMILES string of the molecule is CC1(C)c2ccccc2-c2c1c1c3ccccc3n(-c3ccccc3)c1c1c2c2ccccc2n1-c1ccc(-c2ccccc2)cc1. The molecule has 0 aliphatic heterocycles. The van der Waals surface area contributed by atoms with Gasteiger partial charge in [0.1, 0.15) is 0 Å². The van der Waals surface area contributed by atoms with Gasteiger partial charge in [-0.25, -0.2) is 0 Å². The second-order valence-corrected chi connectivity index (χ2v) is 13.3. The highest BCUT2D eigenvalue weighted by molar-refractivity contribution is 6.31. The maximum atomic E-state index is 2.52. The van der Waals surface area contributed by atoms with Gasteiger partial charge in [-0.05, 0) is 69.8 Å². The van der Waals surface area contributed by atoms with Gasteiger partial charge in [-0.2, -0.15) is 0 Å². The lowest BCUT2D eigenvalue weighted by atomic mass is 9.80. The van der Waals surface area contributed by atoms with Crippen LogP contribution in [0.2, 0.25) is 0 Å². The summed E-state index contributed by atoms with van der Waals surface area (Å²) < 4.78 is 5.04. The zero-order valence-electron chi connectivity index (χ0n) is 26.4. The normalized spacial score (nSPS) is 13.5. The van der Waals surface area contributed by atoms with Crippen LogP contribution >= 0.6 is 0 Å². The molecule has 1 aliphatic rings. The van der Waals surface area contributed by atoms with Gasteiger partial charge in [-0.15, -0.1) is 0 Å². The topological polar surface area (TPSA) is 9.86 Å². The van der Waals surface area contributed by atoms with Gasteiger partial charge in [0, 0.05) is 38.3 Å². The van der Waals surface area contributed by atoms with Crippen molar-refractivity contribution < 1.29 is 0 Å². The Labute approximate surface area is 273 Å². The van der Waals surface area contributed by atoms with E-state index >= 15 is 0 Å². The third-order valence-electron chi connectivity index (χ3n) is 10.5. The molecule has 0 radical (unpaired) electrons. The van der Waals surface area contributed by atoms with E-state index in [1.165, 1.54) is 82.7 Å². The van der Waals surface area contributed by atoms with Crippen molar-refractivity contribution in [3.8, 4) is 33.6 Å². The molecule has 10 rings (SSSR count). The summed E-state index contributed by atoms with van der Waals surface area (Å²) in [6.45, 7) is 4.83. The smallest absolute Gasteiger partial charge is 0.0795 e. The summed E-state index contributed by atoms with van der Waals surface area (Å²) in [5.74, 6) is 0. The second kappa shape index (κ2) is 9.57. The van der Waals surface area contributed by atoms with Crippen molar-refractivity contribution in [2.75, 3.05) is 0 Å². The standard InChI is InChI=1S/C45H32N2/c1-45(2)36-22-12-9-19-33(36)39-40-34-20-10-13-23-37(34)47(32-27-25-30(26-28-32)29-15-5-3-6-16-29)43(40)44-41(42(39)45)35-21-11-14-24-38(35)46(44)31-17-7-4-8-18-31/h3-28H,1-2H3. The minimum atomic E-state index is -0.176. The average molecular weight is 601 g/mol. The van der Waals surface area contributed by atoms with Gasteiger partial charge >= 0.3 is 0 Å². The Morgan fingerprint density at radius 2 is 0.915 bits per heavy atom. The maximum Gasteiger partial charge on any atom is 0.0795 e. The van der Waals surface area contributed by atoms with Crippen molar-refractivity contribution in [3.05, 3.63) is 169 Å². The van der Waals surface area contributed by atoms with E-state index in [1.807, 2.05) is 0 Å². The molecule has 2 heterocycles. The second-order valence-electron chi connectivity index (χ2n) is 13.3. The van der Waals surface area contributed by atoms with Crippen molar-refractivity contribution >= 4 is 43.6 Å². The fourth-order valence-corrected chi connectivity index (χ4v) is 8.51. The largest absolute Gasteiger partial charge is 0.307 e. The van der Waals surface area contributed by atoms with Crippen LogP contribution in [0.4, 0.5) is 0 Å². The molecule has 0 spiro atoms. The van der Waals surface area contributed by atoms with Crippen LogP contribution < -0.4 is 0 Å². The molecule has 0 N–H and O–H groups in total. The summed E-state index contributed by atoms with van der Waals surface area (Å²) in [4.78, 5) is 0. The number of fused-ring (bicyclic) bond motifs is 12. The van der Waals surface area contributed by atoms with Crippen molar-refractivity contribution in [2.45, 2.75) is 19.3 Å². The third-order valence-corrected chi connectivity index (χ3v) is 10.5. The molecule has 0 saturated carbocycles. The number of rotatable bonds is 3. The molecule has 0 bridgehead atoms. The molecule has 0 unspecified atom stereocenters. The summed E-state index contributed by atoms with van der Waals surface area (Å²) in [7, 11) is 0. The predicted octanol–water partition coefficient (Wildman–Crippen LogP) is 11.9. The van der Waals surface area contributed by atoms with Crippen LogP contribution in [0.25, 0.3) is 77.2 Å². The molecule has 0 saturated heterocycles. The van der Waals surface area contributed by atoms with Crippen LogP contribution in [0, 0.1) is 0 Å². The average Bonchev–Trinajstić information content (AvgIpc) is 3.73. The first-order chi connectivity index (χ1) is 23.1. The Kier molecular flexibility index (Phi) is 5.37. The van der Waals surface area contributed by atoms with E-state index in [4.69, 9.17) is 0 Å². The predicted molar refractivity (Wildman–Crippen MR) is 198 cm³/mol. The molecular weight excluding hydrogens is 569 g/mol. The van der Waals surface area contributed by atoms with Crippen LogP contribution in [0.15, 0.2) is 158 Å². The molecule has 222 valence electrons. The molecule has 47 heavy (non-hydrogen) atoms. The lowest BCUT2D eigenvalue weighted by Gasteiger charge is -2.23. The van der Waals surface area contributed by atoms with Crippen LogP contribution in [0.5, 0.6) is 0 Å². The van der Waals surface area contributed by atoms with Crippen molar-refractivity contribution in [1.82, 2.24) is 9.13 Å². The highest BCUT2D eigenvalue weighted by atomic mass is 15.0. The Morgan fingerprint density at radius 1 is 0.426 bits per heavy atom. The van der Waals surface area contributed by atoms with Crippen LogP contribution in [0.3, 0.4) is 0 Å². The van der Waals surface area contributed by atoms with E-state index in [0.717, 1.165) is 5.69 Å². The van der Waals surface area contributed by atoms with E-state index in [9.17, 15) is 0 Å². The lowest BCUT2D eigenvalue weighted by molar-refractivity contribution is 0.667. The van der Waals surface area contributed by atoms with E-state index < -0.39 is 0 Å². The van der Waals surface area contributed by atoms with Gasteiger partial charge in [0.05, 0.1) is 22.1 Å². The Bertz CT molecular complexity index is 2670. The van der Waals surface area contributed by atoms with E-state index in [-0.39, 0.29) is 5.41 Å². The molecular formula is C45H32N2. The molecule has 0 fully saturated rings. The maximum absolute atomic E-state index is 2.52. The molecule has 0 atom stereocenters. The van der Waals surface area contributed by atoms with Gasteiger partial charge in [0.2, 0.25) is 0 Å². The molecule has 7 aromatic carbocycles. The van der Waals surface area contributed by atoms with Gasteiger partial charge in [0.15, 0.2) is 0 Å². The quantitative estimate of drug-likeness (QED) is 0.191. The van der Waals surface area contributed by atoms with Crippen LogP contribution in [0.1, 0.15) is 25.0 Å². The van der Waals surface area contributed by atoms with E-state index in [2.05, 4.69) is 181 Å². The Morgan fingerprint density at radius 3 is 1.60 bits per heavy atom. The summed E-state index contributed by atoms with van der Waals surface area (Å²) >= 11 is 0. The number of hydrogen-bond donors (Lipinski definition) is 0. The van der Waals surface area contributed by atoms with Gasteiger partial charge in [-0.1, -0.05) is 135 Å². The number of aromatic nitrogens is 2. The first-order valence-corrected chi connectivity index (χ1v) is 16.5. The lowest BCUT2D eigenvalue weighted by Crippen LogP contribution is -2.15. The van der Waals surface area contributed by atoms with Crippen molar-refractivity contribution in [1.29, 1.82) is 0 Å². The van der Waals surface area contributed by atoms with Crippen molar-refractivity contribution in [3.63, 3.8) is 0 Å². The van der Waals surface area contributed by atoms with Gasteiger partial charge < -0.3 is 9.13 Å². The monoisotopic (exact) mass is 600 g/mol. The molecule has 0 amide bonds. The molecule has 2 aromatic heterocycles. The third kappa shape index (κ3) is 3.50. The van der Waals surface area contributed by atoms with Crippen LogP contribution in [-0.4, -0.2) is 9.13 Å². The summed E-state index contributed by atoms with van der Waals surface area (Å²) in [6.07, 6.45) is 0. The summed E-state index contributed by atoms with van der Waals surface area (Å²) in [5.41, 5.74) is 15.1. The van der Waals surface area contributed by atoms with E-state index in [1.54, 1.807) is 0 Å². The molecule has 9 aromatic rings. The van der Waals surface area contributed by atoms with Crippen molar-refractivity contribution in [2.24, 2.45) is 0 Å². The number of hydrogen-bond acceptors (Lipinski definition) is 0. The van der Waals surface area contributed by atoms with E-state index in [0.29, 0.717) is 0 Å². The van der Waals surface area contributed by atoms with Crippen LogP contribution in [-0.2, 0) is 5.41 Å². The molecule has 2 nitrogen and oxygen atoms in total. The first kappa shape index (κ1) is 26.4. The zero-order valence-corrected chi connectivity index (χ0v) is 26.4. The number of nitrogens with zero attached hydrogens (tertiary/aromatic N) is 2. The number of benzene rings is 7. The summed E-state index contributed by atoms with van der Waals surface area (Å²) in [5, 5.41) is 5.25. The first-order valence-electron chi connectivity index (χ1n) is 16.5.